The van der Waals surface area contributed by atoms with Gasteiger partial charge < -0.3 is 10.7 Å². The fraction of sp³-hybridized carbons (Fsp3) is 0. The second-order valence-electron chi connectivity index (χ2n) is 4.43. The van der Waals surface area contributed by atoms with Crippen molar-refractivity contribution < 1.29 is 4.79 Å². The van der Waals surface area contributed by atoms with Gasteiger partial charge in [0, 0.05) is 38.4 Å². The fourth-order valence-electron chi connectivity index (χ4n) is 2.18. The van der Waals surface area contributed by atoms with Crippen LogP contribution >= 0.6 is 27.5 Å². The number of carbonyl (C=O) groups is 1. The van der Waals surface area contributed by atoms with Crippen molar-refractivity contribution in [2.45, 2.75) is 0 Å². The van der Waals surface area contributed by atoms with E-state index < -0.39 is 0 Å². The Hall–Kier alpha value is -1.78. The number of H-pyrrole nitrogens is 1. The second-order valence-corrected chi connectivity index (χ2v) is 5.69. The largest absolute Gasteiger partial charge is 0.399 e. The van der Waals surface area contributed by atoms with Gasteiger partial charge in [-0.2, -0.15) is 0 Å². The molecular weight excluding hydrogens is 340 g/mol. The highest BCUT2D eigenvalue weighted by Gasteiger charge is 2.18. The lowest BCUT2D eigenvalue weighted by atomic mass is 10.0. The first-order valence-corrected chi connectivity index (χ1v) is 7.10. The summed E-state index contributed by atoms with van der Waals surface area (Å²) in [5.74, 6) is -0.152. The van der Waals surface area contributed by atoms with Gasteiger partial charge in [-0.05, 0) is 30.3 Å². The topological polar surface area (TPSA) is 58.9 Å². The quantitative estimate of drug-likeness (QED) is 0.532. The molecule has 0 amide bonds. The first-order valence-electron chi connectivity index (χ1n) is 5.93. The zero-order valence-corrected chi connectivity index (χ0v) is 12.6. The maximum absolute atomic E-state index is 12.7. The molecule has 0 saturated carbocycles. The molecule has 1 heterocycles. The van der Waals surface area contributed by atoms with Crippen LogP contribution in [0.2, 0.25) is 5.02 Å². The van der Waals surface area contributed by atoms with Crippen molar-refractivity contribution in [3.05, 3.63) is 63.2 Å². The minimum atomic E-state index is -0.152. The van der Waals surface area contributed by atoms with E-state index in [9.17, 15) is 4.79 Å². The zero-order valence-electron chi connectivity index (χ0n) is 10.3. The molecule has 0 aliphatic carbocycles. The number of anilines is 1. The van der Waals surface area contributed by atoms with Crippen molar-refractivity contribution in [3.63, 3.8) is 0 Å². The van der Waals surface area contributed by atoms with Gasteiger partial charge >= 0.3 is 0 Å². The van der Waals surface area contributed by atoms with Crippen LogP contribution in [0.25, 0.3) is 10.9 Å². The van der Waals surface area contributed by atoms with Crippen molar-refractivity contribution >= 4 is 49.9 Å². The van der Waals surface area contributed by atoms with Gasteiger partial charge in [-0.25, -0.2) is 0 Å². The summed E-state index contributed by atoms with van der Waals surface area (Å²) in [4.78, 5) is 15.8. The zero-order chi connectivity index (χ0) is 14.3. The molecular formula is C15H10BrClN2O. The number of nitrogens with one attached hydrogen (secondary N) is 1. The van der Waals surface area contributed by atoms with E-state index in [4.69, 9.17) is 17.3 Å². The number of nitrogens with two attached hydrogens (primary N) is 1. The highest BCUT2D eigenvalue weighted by molar-refractivity contribution is 9.10. The van der Waals surface area contributed by atoms with Crippen LogP contribution < -0.4 is 5.73 Å². The maximum Gasteiger partial charge on any atom is 0.196 e. The number of halogens is 2. The maximum atomic E-state index is 12.7. The average molecular weight is 350 g/mol. The van der Waals surface area contributed by atoms with Gasteiger partial charge in [-0.15, -0.1) is 0 Å². The summed E-state index contributed by atoms with van der Waals surface area (Å²) in [5, 5.41) is 1.24. The summed E-state index contributed by atoms with van der Waals surface area (Å²) in [6.07, 6.45) is 1.69. The smallest absolute Gasteiger partial charge is 0.196 e. The molecule has 5 heteroatoms. The predicted molar refractivity (Wildman–Crippen MR) is 85.3 cm³/mol. The summed E-state index contributed by atoms with van der Waals surface area (Å²) in [6, 6.07) is 10.6. The Morgan fingerprint density at radius 2 is 2.00 bits per heavy atom. The molecule has 0 spiro atoms. The normalized spacial score (nSPS) is 10.9. The Balaban J connectivity index is 2.21. The number of aromatic amines is 1. The van der Waals surface area contributed by atoms with E-state index in [1.807, 2.05) is 18.2 Å². The van der Waals surface area contributed by atoms with Crippen LogP contribution in [0.4, 0.5) is 5.69 Å². The van der Waals surface area contributed by atoms with Crippen molar-refractivity contribution in [1.82, 2.24) is 4.98 Å². The SMILES string of the molecule is Nc1ccc(Cl)c(C(=O)c2c[nH]c3cccc(Br)c23)c1. The van der Waals surface area contributed by atoms with Crippen molar-refractivity contribution in [2.75, 3.05) is 5.73 Å². The van der Waals surface area contributed by atoms with Gasteiger partial charge in [0.2, 0.25) is 0 Å². The molecule has 20 heavy (non-hydrogen) atoms. The van der Waals surface area contributed by atoms with E-state index in [-0.39, 0.29) is 5.78 Å². The summed E-state index contributed by atoms with van der Waals surface area (Å²) in [6.45, 7) is 0. The number of carbonyl (C=O) groups excluding carboxylic acids is 1. The average Bonchev–Trinajstić information content (AvgIpc) is 2.86. The van der Waals surface area contributed by atoms with Crippen LogP contribution in [0, 0.1) is 0 Å². The lowest BCUT2D eigenvalue weighted by molar-refractivity contribution is 0.104. The van der Waals surface area contributed by atoms with Crippen LogP contribution in [-0.4, -0.2) is 10.8 Å². The van der Waals surface area contributed by atoms with Crippen LogP contribution in [-0.2, 0) is 0 Å². The van der Waals surface area contributed by atoms with Gasteiger partial charge in [0.25, 0.3) is 0 Å². The van der Waals surface area contributed by atoms with E-state index in [0.717, 1.165) is 15.4 Å². The van der Waals surface area contributed by atoms with Crippen molar-refractivity contribution in [2.24, 2.45) is 0 Å². The van der Waals surface area contributed by atoms with Crippen LogP contribution in [0.1, 0.15) is 15.9 Å². The number of fused-ring (bicyclic) bond motifs is 1. The monoisotopic (exact) mass is 348 g/mol. The first kappa shape index (κ1) is 13.2. The first-order chi connectivity index (χ1) is 9.58. The minimum Gasteiger partial charge on any atom is -0.399 e. The van der Waals surface area contributed by atoms with E-state index in [2.05, 4.69) is 20.9 Å². The van der Waals surface area contributed by atoms with Crippen LogP contribution in [0.5, 0.6) is 0 Å². The molecule has 3 rings (SSSR count). The van der Waals surface area contributed by atoms with Gasteiger partial charge in [-0.1, -0.05) is 33.6 Å². The number of aromatic nitrogens is 1. The van der Waals surface area contributed by atoms with Gasteiger partial charge in [0.1, 0.15) is 0 Å². The number of rotatable bonds is 2. The number of ketones is 1. The Morgan fingerprint density at radius 1 is 1.20 bits per heavy atom. The molecule has 3 aromatic rings. The molecule has 0 atom stereocenters. The van der Waals surface area contributed by atoms with E-state index in [0.29, 0.717) is 21.8 Å². The Labute approximate surface area is 128 Å². The third-order valence-corrected chi connectivity index (χ3v) is 4.13. The molecule has 1 aromatic heterocycles. The van der Waals surface area contributed by atoms with Crippen LogP contribution in [0.15, 0.2) is 47.1 Å². The molecule has 0 aliphatic rings. The lowest BCUT2D eigenvalue weighted by Gasteiger charge is -2.05. The predicted octanol–water partition coefficient (Wildman–Crippen LogP) is 4.40. The molecule has 3 nitrogen and oxygen atoms in total. The molecule has 0 aliphatic heterocycles. The molecule has 0 bridgehead atoms. The summed E-state index contributed by atoms with van der Waals surface area (Å²) >= 11 is 9.57. The number of hydrogen-bond acceptors (Lipinski definition) is 2. The Morgan fingerprint density at radius 3 is 2.80 bits per heavy atom. The third kappa shape index (κ3) is 2.11. The summed E-state index contributed by atoms with van der Waals surface area (Å²) in [7, 11) is 0. The molecule has 3 N–H and O–H groups in total. The molecule has 0 saturated heterocycles. The van der Waals surface area contributed by atoms with Gasteiger partial charge in [0.15, 0.2) is 5.78 Å². The van der Waals surface area contributed by atoms with Crippen molar-refractivity contribution in [3.8, 4) is 0 Å². The molecule has 0 fully saturated rings. The van der Waals surface area contributed by atoms with Gasteiger partial charge in [-0.3, -0.25) is 4.79 Å². The minimum absolute atomic E-state index is 0.152. The number of hydrogen-bond donors (Lipinski definition) is 2. The Bertz CT molecular complexity index is 826. The highest BCUT2D eigenvalue weighted by Crippen LogP contribution is 2.30. The van der Waals surface area contributed by atoms with E-state index in [1.54, 1.807) is 24.4 Å². The molecule has 2 aromatic carbocycles. The molecule has 0 unspecified atom stereocenters. The summed E-state index contributed by atoms with van der Waals surface area (Å²) in [5.41, 5.74) is 8.11. The lowest BCUT2D eigenvalue weighted by Crippen LogP contribution is -2.02. The third-order valence-electron chi connectivity index (χ3n) is 3.13. The van der Waals surface area contributed by atoms with E-state index >= 15 is 0 Å². The number of benzene rings is 2. The number of nitrogen functional groups attached to an aromatic ring is 1. The Kier molecular flexibility index (Phi) is 3.28. The standard InChI is InChI=1S/C15H10BrClN2O/c16-11-2-1-3-13-14(11)10(7-19-13)15(20)9-6-8(18)4-5-12(9)17/h1-7,19H,18H2. The summed E-state index contributed by atoms with van der Waals surface area (Å²) < 4.78 is 0.861. The molecule has 100 valence electrons. The fourth-order valence-corrected chi connectivity index (χ4v) is 2.96. The van der Waals surface area contributed by atoms with Crippen molar-refractivity contribution in [1.29, 1.82) is 0 Å². The highest BCUT2D eigenvalue weighted by atomic mass is 79.9. The second kappa shape index (κ2) is 4.96. The van der Waals surface area contributed by atoms with Crippen LogP contribution in [0.3, 0.4) is 0 Å². The molecule has 0 radical (unpaired) electrons. The van der Waals surface area contributed by atoms with E-state index in [1.165, 1.54) is 0 Å². The van der Waals surface area contributed by atoms with Gasteiger partial charge in [0.05, 0.1) is 5.02 Å².